The highest BCUT2D eigenvalue weighted by molar-refractivity contribution is 8.76. The highest BCUT2D eigenvalue weighted by Crippen LogP contribution is 2.26. The molecule has 1 atom stereocenters. The molecule has 0 bridgehead atoms. The number of thioether (sulfide) groups is 1. The molecule has 0 saturated heterocycles. The molecule has 38 heavy (non-hydrogen) atoms. The van der Waals surface area contributed by atoms with Gasteiger partial charge >= 0.3 is 18.2 Å². The summed E-state index contributed by atoms with van der Waals surface area (Å²) in [7, 11) is 0.0304. The number of carbonyl (C=O) groups excluding carboxylic acids is 2. The van der Waals surface area contributed by atoms with Crippen LogP contribution in [0.1, 0.15) is 18.9 Å². The van der Waals surface area contributed by atoms with E-state index in [1.54, 1.807) is 39.8 Å². The van der Waals surface area contributed by atoms with Crippen molar-refractivity contribution >= 4 is 72.5 Å². The average Bonchev–Trinajstić information content (AvgIpc) is 3.32. The van der Waals surface area contributed by atoms with E-state index in [1.807, 2.05) is 28.6 Å². The lowest BCUT2D eigenvalue weighted by molar-refractivity contribution is -0.192. The van der Waals surface area contributed by atoms with Crippen molar-refractivity contribution in [1.29, 1.82) is 0 Å². The fourth-order valence-corrected chi connectivity index (χ4v) is 6.11. The molecular weight excluding hydrogens is 610 g/mol. The molecule has 220 valence electrons. The highest BCUT2D eigenvalue weighted by Gasteiger charge is 2.38. The molecule has 2 amide bonds. The van der Waals surface area contributed by atoms with Gasteiger partial charge in [0.15, 0.2) is 9.84 Å². The standard InChI is InChI=1S/C19H32N2O5S5.C2HF3O2/c1-4-21(19(23)26-8-11-31(3,24)25)18(22)17(12-16-6-10-28-13-16)14-29-30-15-20-7-5-9-27-2;3-2(4,5)1(6)7/h6,10,13,17,20H,4-5,7-9,11-12,14-15H2,1-3H3;(H,6,7). The first-order valence-corrected chi connectivity index (χ1v) is 18.0. The van der Waals surface area contributed by atoms with E-state index in [4.69, 9.17) is 14.6 Å². The Morgan fingerprint density at radius 3 is 2.42 bits per heavy atom. The minimum absolute atomic E-state index is 0.172. The second-order valence-electron chi connectivity index (χ2n) is 7.56. The van der Waals surface area contributed by atoms with Crippen LogP contribution in [0.3, 0.4) is 0 Å². The summed E-state index contributed by atoms with van der Waals surface area (Å²) in [6.45, 7) is 2.58. The molecule has 0 aliphatic rings. The number of nitrogens with zero attached hydrogens (tertiary/aromatic N) is 1. The van der Waals surface area contributed by atoms with Crippen molar-refractivity contribution in [3.05, 3.63) is 22.4 Å². The quantitative estimate of drug-likeness (QED) is 0.153. The van der Waals surface area contributed by atoms with Gasteiger partial charge in [-0.25, -0.2) is 22.9 Å². The molecule has 0 fully saturated rings. The summed E-state index contributed by atoms with van der Waals surface area (Å²) in [6.07, 6.45) is -1.04. The number of ether oxygens (including phenoxy) is 1. The second-order valence-corrected chi connectivity index (χ2v) is 14.1. The molecule has 1 rings (SSSR count). The molecule has 9 nitrogen and oxygen atoms in total. The van der Waals surface area contributed by atoms with Crippen molar-refractivity contribution in [2.45, 2.75) is 25.9 Å². The summed E-state index contributed by atoms with van der Waals surface area (Å²) in [6, 6.07) is 1.98. The highest BCUT2D eigenvalue weighted by atomic mass is 33.1. The Bertz CT molecular complexity index is 932. The van der Waals surface area contributed by atoms with Crippen molar-refractivity contribution in [3.63, 3.8) is 0 Å². The zero-order valence-corrected chi connectivity index (χ0v) is 25.3. The van der Waals surface area contributed by atoms with Crippen LogP contribution in [0.5, 0.6) is 0 Å². The van der Waals surface area contributed by atoms with Crippen molar-refractivity contribution in [3.8, 4) is 0 Å². The van der Waals surface area contributed by atoms with Crippen LogP contribution in [0.15, 0.2) is 16.8 Å². The van der Waals surface area contributed by atoms with E-state index >= 15 is 0 Å². The van der Waals surface area contributed by atoms with Gasteiger partial charge in [0.2, 0.25) is 5.91 Å². The summed E-state index contributed by atoms with van der Waals surface area (Å²) >= 11 is 3.40. The average molecular weight is 643 g/mol. The summed E-state index contributed by atoms with van der Waals surface area (Å²) < 4.78 is 59.2. The zero-order chi connectivity index (χ0) is 29.2. The van der Waals surface area contributed by atoms with E-state index in [9.17, 15) is 31.2 Å². The van der Waals surface area contributed by atoms with Crippen molar-refractivity contribution in [2.24, 2.45) is 5.92 Å². The van der Waals surface area contributed by atoms with Crippen LogP contribution in [0, 0.1) is 5.92 Å². The molecule has 1 heterocycles. The number of nitrogens with one attached hydrogen (secondary N) is 1. The fraction of sp³-hybridized carbons (Fsp3) is 0.667. The lowest BCUT2D eigenvalue weighted by Gasteiger charge is -2.24. The third-order valence-corrected chi connectivity index (χ3v) is 8.98. The van der Waals surface area contributed by atoms with E-state index in [0.29, 0.717) is 12.2 Å². The molecule has 17 heteroatoms. The molecule has 0 aliphatic carbocycles. The van der Waals surface area contributed by atoms with Crippen molar-refractivity contribution in [1.82, 2.24) is 10.2 Å². The van der Waals surface area contributed by atoms with E-state index in [2.05, 4.69) is 11.6 Å². The van der Waals surface area contributed by atoms with Gasteiger partial charge in [-0.15, -0.1) is 0 Å². The van der Waals surface area contributed by atoms with Gasteiger partial charge in [-0.2, -0.15) is 36.3 Å². The number of hydrogen-bond donors (Lipinski definition) is 2. The number of carboxylic acids is 1. The Balaban J connectivity index is 0.00000171. The van der Waals surface area contributed by atoms with Gasteiger partial charge in [0, 0.05) is 18.6 Å². The van der Waals surface area contributed by atoms with Gasteiger partial charge in [0.05, 0.1) is 17.5 Å². The minimum Gasteiger partial charge on any atom is -0.475 e. The van der Waals surface area contributed by atoms with Crippen LogP contribution in [0.2, 0.25) is 0 Å². The number of imide groups is 1. The maximum absolute atomic E-state index is 13.1. The number of sulfone groups is 1. The van der Waals surface area contributed by atoms with E-state index in [0.717, 1.165) is 41.3 Å². The summed E-state index contributed by atoms with van der Waals surface area (Å²) in [5, 5.41) is 14.5. The lowest BCUT2D eigenvalue weighted by Crippen LogP contribution is -2.42. The molecule has 0 radical (unpaired) electrons. The molecular formula is C21H33F3N2O7S5. The minimum atomic E-state index is -5.08. The molecule has 2 N–H and O–H groups in total. The third-order valence-electron chi connectivity index (χ3n) is 4.35. The Hall–Kier alpha value is -1.14. The fourth-order valence-electron chi connectivity index (χ4n) is 2.49. The van der Waals surface area contributed by atoms with Crippen LogP contribution in [0.25, 0.3) is 0 Å². The molecule has 0 aromatic carbocycles. The van der Waals surface area contributed by atoms with Crippen LogP contribution in [-0.4, -0.2) is 97.9 Å². The third kappa shape index (κ3) is 18.2. The first kappa shape index (κ1) is 36.9. The largest absolute Gasteiger partial charge is 0.490 e. The Morgan fingerprint density at radius 1 is 1.26 bits per heavy atom. The number of hydrogen-bond acceptors (Lipinski definition) is 11. The van der Waals surface area contributed by atoms with Crippen LogP contribution < -0.4 is 5.32 Å². The zero-order valence-electron chi connectivity index (χ0n) is 21.2. The van der Waals surface area contributed by atoms with Gasteiger partial charge in [-0.1, -0.05) is 21.6 Å². The molecule has 1 aromatic heterocycles. The number of rotatable bonds is 16. The Kier molecular flexibility index (Phi) is 19.3. The first-order valence-electron chi connectivity index (χ1n) is 11.1. The van der Waals surface area contributed by atoms with Gasteiger partial charge in [0.25, 0.3) is 0 Å². The number of alkyl halides is 3. The normalized spacial score (nSPS) is 12.3. The summed E-state index contributed by atoms with van der Waals surface area (Å²) in [4.78, 5) is 35.5. The lowest BCUT2D eigenvalue weighted by atomic mass is 10.0. The summed E-state index contributed by atoms with van der Waals surface area (Å²) in [5.41, 5.74) is 1.06. The van der Waals surface area contributed by atoms with Gasteiger partial charge in [0.1, 0.15) is 6.61 Å². The van der Waals surface area contributed by atoms with Gasteiger partial charge < -0.3 is 15.2 Å². The van der Waals surface area contributed by atoms with Gasteiger partial charge in [-0.05, 0) is 60.7 Å². The van der Waals surface area contributed by atoms with Gasteiger partial charge in [-0.3, -0.25) is 4.79 Å². The van der Waals surface area contributed by atoms with E-state index in [1.165, 1.54) is 0 Å². The number of carboxylic acid groups (broad SMARTS) is 1. The molecule has 0 saturated carbocycles. The number of amides is 2. The van der Waals surface area contributed by atoms with Crippen LogP contribution >= 0.6 is 44.7 Å². The first-order chi connectivity index (χ1) is 17.7. The predicted octanol–water partition coefficient (Wildman–Crippen LogP) is 4.25. The monoisotopic (exact) mass is 642 g/mol. The maximum Gasteiger partial charge on any atom is 0.490 e. The predicted molar refractivity (Wildman–Crippen MR) is 150 cm³/mol. The molecule has 0 aliphatic heterocycles. The molecule has 0 spiro atoms. The smallest absolute Gasteiger partial charge is 0.475 e. The Morgan fingerprint density at radius 2 is 1.92 bits per heavy atom. The summed E-state index contributed by atoms with van der Waals surface area (Å²) in [5.74, 6) is -1.19. The second kappa shape index (κ2) is 19.8. The number of carbonyl (C=O) groups is 3. The van der Waals surface area contributed by atoms with E-state index in [-0.39, 0.29) is 30.7 Å². The Labute approximate surface area is 237 Å². The molecule has 1 unspecified atom stereocenters. The number of aliphatic carboxylic acids is 1. The molecule has 1 aromatic rings. The number of halogens is 3. The van der Waals surface area contributed by atoms with Crippen LogP contribution in [-0.2, 0) is 30.6 Å². The number of thiophene rings is 1. The van der Waals surface area contributed by atoms with E-state index < -0.39 is 28.1 Å². The van der Waals surface area contributed by atoms with Crippen molar-refractivity contribution < 1.29 is 45.8 Å². The van der Waals surface area contributed by atoms with Crippen molar-refractivity contribution in [2.75, 3.05) is 55.3 Å². The topological polar surface area (TPSA) is 130 Å². The maximum atomic E-state index is 13.1. The van der Waals surface area contributed by atoms with Crippen LogP contribution in [0.4, 0.5) is 18.0 Å². The SMILES string of the molecule is CCN(C(=O)OCCS(C)(=O)=O)C(=O)C(CSSCNCCCSC)Cc1ccsc1.O=C(O)C(F)(F)F.